The van der Waals surface area contributed by atoms with Crippen LogP contribution >= 0.6 is 0 Å². The molecule has 4 aliphatic carbocycles. The van der Waals surface area contributed by atoms with Crippen LogP contribution in [0.2, 0.25) is 0 Å². The lowest BCUT2D eigenvalue weighted by Gasteiger charge is -2.54. The van der Waals surface area contributed by atoms with Gasteiger partial charge in [-0.15, -0.1) is 0 Å². The number of hydrogen-bond donors (Lipinski definition) is 1. The molecule has 0 aromatic carbocycles. The van der Waals surface area contributed by atoms with Gasteiger partial charge in [0.05, 0.1) is 30.3 Å². The molecule has 0 radical (unpaired) electrons. The summed E-state index contributed by atoms with van der Waals surface area (Å²) in [6, 6.07) is 2.75. The highest BCUT2D eigenvalue weighted by Gasteiger charge is 2.71. The first-order valence-electron chi connectivity index (χ1n) is 14.2. The topological polar surface area (TPSA) is 88.8 Å². The summed E-state index contributed by atoms with van der Waals surface area (Å²) in [4.78, 5) is 11.6. The molecule has 1 spiro atoms. The van der Waals surface area contributed by atoms with Crippen LogP contribution in [0, 0.1) is 63.6 Å². The minimum atomic E-state index is -0.688. The van der Waals surface area contributed by atoms with Gasteiger partial charge in [0.15, 0.2) is 5.79 Å². The van der Waals surface area contributed by atoms with Crippen molar-refractivity contribution in [2.45, 2.75) is 110 Å². The van der Waals surface area contributed by atoms with E-state index in [1.807, 2.05) is 0 Å². The molecule has 6 fully saturated rings. The van der Waals surface area contributed by atoms with Gasteiger partial charge >= 0.3 is 5.97 Å². The van der Waals surface area contributed by atoms with Crippen LogP contribution < -0.4 is 0 Å². The highest BCUT2D eigenvalue weighted by molar-refractivity contribution is 5.66. The van der Waals surface area contributed by atoms with Gasteiger partial charge in [-0.05, 0) is 86.4 Å². The largest absolute Gasteiger partial charge is 0.463 e. The Morgan fingerprint density at radius 1 is 1.11 bits per heavy atom. The fourth-order valence-corrected chi connectivity index (χ4v) is 10.1. The molecule has 35 heavy (non-hydrogen) atoms. The van der Waals surface area contributed by atoms with Gasteiger partial charge in [0.25, 0.3) is 0 Å². The molecule has 1 N–H and O–H groups in total. The molecule has 0 aromatic heterocycles. The van der Waals surface area contributed by atoms with E-state index in [0.29, 0.717) is 30.3 Å². The predicted molar refractivity (Wildman–Crippen MR) is 129 cm³/mol. The summed E-state index contributed by atoms with van der Waals surface area (Å²) in [6.45, 7) is 9.06. The number of nitrogens with zero attached hydrogens (tertiary/aromatic N) is 1. The van der Waals surface area contributed by atoms with Crippen LogP contribution in [0.1, 0.15) is 85.5 Å². The zero-order valence-electron chi connectivity index (χ0n) is 21.9. The number of carbonyl (C=O) groups is 1. The Hall–Kier alpha value is -1.16. The predicted octanol–water partition coefficient (Wildman–Crippen LogP) is 4.84. The first-order valence-corrected chi connectivity index (χ1v) is 14.2. The lowest BCUT2D eigenvalue weighted by molar-refractivity contribution is -0.271. The van der Waals surface area contributed by atoms with Crippen LogP contribution in [0.4, 0.5) is 0 Å². The van der Waals surface area contributed by atoms with E-state index in [2.05, 4.69) is 26.8 Å². The van der Waals surface area contributed by atoms with Crippen molar-refractivity contribution in [2.24, 2.45) is 52.3 Å². The normalized spacial score (nSPS) is 56.9. The van der Waals surface area contributed by atoms with Gasteiger partial charge < -0.3 is 19.3 Å². The molecule has 0 unspecified atom stereocenters. The van der Waals surface area contributed by atoms with E-state index < -0.39 is 17.3 Å². The van der Waals surface area contributed by atoms with Crippen LogP contribution in [0.15, 0.2) is 0 Å². The number of ether oxygens (including phenoxy) is 3. The third kappa shape index (κ3) is 3.33. The van der Waals surface area contributed by atoms with E-state index in [9.17, 15) is 15.2 Å². The van der Waals surface area contributed by atoms with Crippen molar-refractivity contribution in [1.82, 2.24) is 0 Å². The van der Waals surface area contributed by atoms with Crippen molar-refractivity contribution in [2.75, 3.05) is 6.61 Å². The van der Waals surface area contributed by atoms with E-state index in [4.69, 9.17) is 14.2 Å². The molecule has 2 saturated heterocycles. The number of carbonyl (C=O) groups excluding carboxylic acids is 1. The second kappa shape index (κ2) is 8.17. The molecule has 2 heterocycles. The molecule has 6 nitrogen and oxygen atoms in total. The minimum Gasteiger partial charge on any atom is -0.463 e. The Kier molecular flexibility index (Phi) is 5.65. The maximum absolute atomic E-state index is 12.0. The number of nitriles is 1. The second-order valence-electron chi connectivity index (χ2n) is 13.5. The average molecular weight is 486 g/mol. The van der Waals surface area contributed by atoms with E-state index >= 15 is 0 Å². The van der Waals surface area contributed by atoms with Crippen LogP contribution in [0.5, 0.6) is 0 Å². The number of esters is 1. The monoisotopic (exact) mass is 485 g/mol. The third-order valence-electron chi connectivity index (χ3n) is 12.0. The molecule has 6 rings (SSSR count). The number of aliphatic hydroxyl groups is 1. The average Bonchev–Trinajstić information content (AvgIpc) is 3.30. The van der Waals surface area contributed by atoms with E-state index in [1.165, 1.54) is 6.92 Å². The van der Waals surface area contributed by atoms with Gasteiger partial charge in [0.2, 0.25) is 0 Å². The van der Waals surface area contributed by atoms with Crippen molar-refractivity contribution >= 4 is 5.97 Å². The molecule has 0 amide bonds. The molecule has 2 aliphatic heterocycles. The summed E-state index contributed by atoms with van der Waals surface area (Å²) in [5.74, 6) is 1.42. The Morgan fingerprint density at radius 3 is 2.60 bits per heavy atom. The molecule has 4 saturated carbocycles. The van der Waals surface area contributed by atoms with Gasteiger partial charge in [-0.2, -0.15) is 5.26 Å². The van der Waals surface area contributed by atoms with Crippen LogP contribution in [-0.4, -0.2) is 41.8 Å². The molecular weight excluding hydrogens is 442 g/mol. The van der Waals surface area contributed by atoms with Crippen molar-refractivity contribution in [3.63, 3.8) is 0 Å². The maximum Gasteiger partial charge on any atom is 0.302 e. The van der Waals surface area contributed by atoms with Crippen LogP contribution in [0.3, 0.4) is 0 Å². The Morgan fingerprint density at radius 2 is 1.91 bits per heavy atom. The molecule has 0 aromatic rings. The molecule has 0 bridgehead atoms. The highest BCUT2D eigenvalue weighted by atomic mass is 16.7. The molecule has 6 heteroatoms. The summed E-state index contributed by atoms with van der Waals surface area (Å²) >= 11 is 0. The lowest BCUT2D eigenvalue weighted by atomic mass is 9.52. The molecule has 194 valence electrons. The van der Waals surface area contributed by atoms with Crippen molar-refractivity contribution in [3.8, 4) is 6.07 Å². The van der Waals surface area contributed by atoms with Crippen LogP contribution in [-0.2, 0) is 19.0 Å². The SMILES string of the molecule is CC(=O)O[C@@H]1CC[C@@]2(C)[C@@H](CC[C@H]3[C@H]2C[C@@]2(C#N)[C@H](O)[C@@H]4[C@H](C[C@@H]32)O[C@]2(CC[C@H](C)CO2)[C@@H]4C)C1. The zero-order valence-corrected chi connectivity index (χ0v) is 21.9. The standard InChI is InChI=1S/C29H43NO5/c1-16-7-10-29(33-14-16)17(2)25-24(35-29)12-22-21-6-5-19-11-20(34-18(3)31)8-9-27(19,4)23(21)13-28(22,15-30)26(25)32/h16-17,19-26,32H,5-14H2,1-4H3/t16-,17+,19-,20+,21+,22-,23+,24-,25-,26+,27-,28-,29+/m0/s1. The number of aliphatic hydroxyl groups excluding tert-OH is 1. The lowest BCUT2D eigenvalue weighted by Crippen LogP contribution is -2.53. The Balaban J connectivity index is 1.27. The fourth-order valence-electron chi connectivity index (χ4n) is 10.1. The summed E-state index contributed by atoms with van der Waals surface area (Å²) < 4.78 is 18.7. The smallest absolute Gasteiger partial charge is 0.302 e. The number of fused-ring (bicyclic) bond motifs is 6. The second-order valence-corrected chi connectivity index (χ2v) is 13.5. The van der Waals surface area contributed by atoms with Crippen molar-refractivity contribution in [1.29, 1.82) is 5.26 Å². The van der Waals surface area contributed by atoms with Gasteiger partial charge in [-0.25, -0.2) is 0 Å². The van der Waals surface area contributed by atoms with E-state index in [1.54, 1.807) is 0 Å². The number of rotatable bonds is 1. The van der Waals surface area contributed by atoms with Gasteiger partial charge in [-0.1, -0.05) is 20.8 Å². The molecule has 6 aliphatic rings. The number of hydrogen-bond acceptors (Lipinski definition) is 6. The van der Waals surface area contributed by atoms with E-state index in [-0.39, 0.29) is 41.3 Å². The van der Waals surface area contributed by atoms with Gasteiger partial charge in [0.1, 0.15) is 6.10 Å². The third-order valence-corrected chi connectivity index (χ3v) is 12.0. The van der Waals surface area contributed by atoms with E-state index in [0.717, 1.165) is 57.8 Å². The first-order chi connectivity index (χ1) is 16.6. The van der Waals surface area contributed by atoms with Gasteiger partial charge in [0, 0.05) is 25.2 Å². The van der Waals surface area contributed by atoms with Crippen molar-refractivity contribution < 1.29 is 24.1 Å². The van der Waals surface area contributed by atoms with Gasteiger partial charge in [-0.3, -0.25) is 4.79 Å². The summed E-state index contributed by atoms with van der Waals surface area (Å²) in [5, 5.41) is 22.7. The van der Waals surface area contributed by atoms with Crippen molar-refractivity contribution in [3.05, 3.63) is 0 Å². The highest BCUT2D eigenvalue weighted by Crippen LogP contribution is 2.70. The van der Waals surface area contributed by atoms with Crippen LogP contribution in [0.25, 0.3) is 0 Å². The quantitative estimate of drug-likeness (QED) is 0.535. The summed E-state index contributed by atoms with van der Waals surface area (Å²) in [5.41, 5.74) is -0.544. The minimum absolute atomic E-state index is 0.0242. The Labute approximate surface area is 210 Å². The Bertz CT molecular complexity index is 907. The fraction of sp³-hybridized carbons (Fsp3) is 0.931. The first kappa shape index (κ1) is 24.2. The molecule has 13 atom stereocenters. The zero-order chi connectivity index (χ0) is 24.8. The molecular formula is C29H43NO5. The summed E-state index contributed by atoms with van der Waals surface area (Å²) in [7, 11) is 0. The maximum atomic E-state index is 12.0. The summed E-state index contributed by atoms with van der Waals surface area (Å²) in [6.07, 6.45) is 8.10.